The Labute approximate surface area is 204 Å². The van der Waals surface area contributed by atoms with Crippen LogP contribution in [0.15, 0.2) is 42.6 Å². The van der Waals surface area contributed by atoms with Crippen molar-refractivity contribution in [3.63, 3.8) is 0 Å². The summed E-state index contributed by atoms with van der Waals surface area (Å²) in [5.41, 5.74) is 1.81. The predicted octanol–water partition coefficient (Wildman–Crippen LogP) is 4.66. The first-order valence-electron chi connectivity index (χ1n) is 11.3. The normalized spacial score (nSPS) is 12.3. The molecule has 0 spiro atoms. The maximum atomic E-state index is 13.9. The first-order chi connectivity index (χ1) is 16.7. The van der Waals surface area contributed by atoms with Crippen LogP contribution < -0.4 is 5.32 Å². The molecule has 0 saturated heterocycles. The summed E-state index contributed by atoms with van der Waals surface area (Å²) in [5.74, 6) is -1.19. The molecule has 0 fully saturated rings. The molecule has 2 amide bonds. The van der Waals surface area contributed by atoms with Crippen LogP contribution in [-0.4, -0.2) is 46.1 Å². The molecule has 0 aliphatic carbocycles. The number of benzene rings is 1. The number of likely N-dealkylation sites (N-methyl/N-ethyl adjacent to an activating group) is 1. The monoisotopic (exact) mass is 479 g/mol. The number of pyridine rings is 1. The predicted molar refractivity (Wildman–Crippen MR) is 132 cm³/mol. The van der Waals surface area contributed by atoms with Gasteiger partial charge in [0, 0.05) is 17.4 Å². The minimum Gasteiger partial charge on any atom is -0.350 e. The number of carbonyl (C=O) groups is 3. The van der Waals surface area contributed by atoms with Gasteiger partial charge in [0.05, 0.1) is 29.6 Å². The second-order valence-electron chi connectivity index (χ2n) is 8.42. The number of amides is 2. The zero-order valence-corrected chi connectivity index (χ0v) is 20.3. The number of anilines is 1. The van der Waals surface area contributed by atoms with E-state index in [9.17, 15) is 19.2 Å². The molecule has 8 nitrogen and oxygen atoms in total. The molecule has 3 rings (SSSR count). The molecule has 2 atom stereocenters. The van der Waals surface area contributed by atoms with Gasteiger partial charge in [0.2, 0.25) is 5.91 Å². The molecule has 9 heteroatoms. The fourth-order valence-electron chi connectivity index (χ4n) is 3.83. The van der Waals surface area contributed by atoms with Crippen LogP contribution in [0.4, 0.5) is 10.1 Å². The van der Waals surface area contributed by atoms with E-state index in [-0.39, 0.29) is 17.5 Å². The van der Waals surface area contributed by atoms with Gasteiger partial charge in [0.1, 0.15) is 24.3 Å². The van der Waals surface area contributed by atoms with Crippen LogP contribution in [-0.2, 0) is 9.59 Å². The number of carbonyl (C=O) groups excluding carboxylic acids is 3. The number of fused-ring (bicyclic) bond motifs is 1. The highest BCUT2D eigenvalue weighted by molar-refractivity contribution is 6.05. The molecule has 2 aromatic heterocycles. The topological polar surface area (TPSA) is 119 Å². The van der Waals surface area contributed by atoms with Gasteiger partial charge >= 0.3 is 0 Å². The Balaban J connectivity index is 0.00000210. The zero-order chi connectivity index (χ0) is 26.1. The largest absolute Gasteiger partial charge is 0.350 e. The second-order valence-corrected chi connectivity index (χ2v) is 8.42. The lowest BCUT2D eigenvalue weighted by molar-refractivity contribution is -0.134. The van der Waals surface area contributed by atoms with Crippen LogP contribution in [0.1, 0.15) is 56.2 Å². The summed E-state index contributed by atoms with van der Waals surface area (Å²) in [6.07, 6.45) is 2.09. The third-order valence-corrected chi connectivity index (χ3v) is 5.54. The number of hydrogen-bond donors (Lipinski definition) is 2. The highest BCUT2D eigenvalue weighted by atomic mass is 19.1. The van der Waals surface area contributed by atoms with E-state index in [0.717, 1.165) is 0 Å². The van der Waals surface area contributed by atoms with E-state index in [0.29, 0.717) is 35.2 Å². The standard InChI is InChI=1S/C25H28FN5O2.CH2O/c1-5-31(16(4)13-27)25(33)19(11-15(2)3)21-10-9-17(14-28-21)29-24(32)23-12-18-20(26)7-6-8-22(18)30-23;1-2/h6-10,12,14-16,19,30H,5,11H2,1-4H3,(H,29,32);1H2. The molecule has 1 aromatic carbocycles. The Bertz CT molecular complexity index is 1200. The highest BCUT2D eigenvalue weighted by Gasteiger charge is 2.29. The highest BCUT2D eigenvalue weighted by Crippen LogP contribution is 2.27. The molecule has 35 heavy (non-hydrogen) atoms. The summed E-state index contributed by atoms with van der Waals surface area (Å²) >= 11 is 0. The van der Waals surface area contributed by atoms with Crippen LogP contribution in [0.3, 0.4) is 0 Å². The first-order valence-corrected chi connectivity index (χ1v) is 11.3. The quantitative estimate of drug-likeness (QED) is 0.487. The molecule has 0 aliphatic rings. The Hall–Kier alpha value is -4.06. The molecule has 2 unspecified atom stereocenters. The van der Waals surface area contributed by atoms with Gasteiger partial charge in [0.15, 0.2) is 0 Å². The summed E-state index contributed by atoms with van der Waals surface area (Å²) in [6.45, 7) is 10.0. The summed E-state index contributed by atoms with van der Waals surface area (Å²) in [4.78, 5) is 42.7. The van der Waals surface area contributed by atoms with E-state index in [1.54, 1.807) is 36.1 Å². The van der Waals surface area contributed by atoms with Crippen LogP contribution in [0.2, 0.25) is 0 Å². The third kappa shape index (κ3) is 6.51. The maximum Gasteiger partial charge on any atom is 0.272 e. The number of hydrogen-bond acceptors (Lipinski definition) is 5. The molecule has 3 aromatic rings. The Kier molecular flexibility index (Phi) is 9.64. The average molecular weight is 480 g/mol. The first kappa shape index (κ1) is 27.2. The van der Waals surface area contributed by atoms with Crippen molar-refractivity contribution >= 4 is 35.2 Å². The summed E-state index contributed by atoms with van der Waals surface area (Å²) in [7, 11) is 0. The van der Waals surface area contributed by atoms with Crippen molar-refractivity contribution in [2.45, 2.75) is 46.1 Å². The molecular weight excluding hydrogens is 449 g/mol. The van der Waals surface area contributed by atoms with Crippen molar-refractivity contribution in [1.82, 2.24) is 14.9 Å². The molecule has 0 bridgehead atoms. The van der Waals surface area contributed by atoms with Crippen molar-refractivity contribution in [2.75, 3.05) is 11.9 Å². The lowest BCUT2D eigenvalue weighted by Crippen LogP contribution is -2.41. The lowest BCUT2D eigenvalue weighted by atomic mass is 9.92. The van der Waals surface area contributed by atoms with Gasteiger partial charge in [-0.1, -0.05) is 19.9 Å². The van der Waals surface area contributed by atoms with Crippen molar-refractivity contribution in [3.8, 4) is 6.07 Å². The lowest BCUT2D eigenvalue weighted by Gasteiger charge is -2.28. The molecule has 184 valence electrons. The van der Waals surface area contributed by atoms with E-state index in [4.69, 9.17) is 4.79 Å². The summed E-state index contributed by atoms with van der Waals surface area (Å²) < 4.78 is 13.9. The summed E-state index contributed by atoms with van der Waals surface area (Å²) in [6, 6.07) is 11.1. The molecule has 2 N–H and O–H groups in total. The van der Waals surface area contributed by atoms with E-state index >= 15 is 0 Å². The molecule has 0 aliphatic heterocycles. The summed E-state index contributed by atoms with van der Waals surface area (Å²) in [5, 5.41) is 12.4. The van der Waals surface area contributed by atoms with E-state index < -0.39 is 23.7 Å². The van der Waals surface area contributed by atoms with Gasteiger partial charge in [-0.2, -0.15) is 5.26 Å². The van der Waals surface area contributed by atoms with Gasteiger partial charge in [-0.05, 0) is 56.5 Å². The molecule has 0 radical (unpaired) electrons. The number of halogens is 1. The maximum absolute atomic E-state index is 13.9. The fraction of sp³-hybridized carbons (Fsp3) is 0.346. The molecule has 2 heterocycles. The van der Waals surface area contributed by atoms with Crippen LogP contribution in [0, 0.1) is 23.1 Å². The minimum atomic E-state index is -0.531. The molecule has 0 saturated carbocycles. The minimum absolute atomic E-state index is 0.135. The smallest absolute Gasteiger partial charge is 0.272 e. The van der Waals surface area contributed by atoms with Crippen LogP contribution in [0.25, 0.3) is 10.9 Å². The Morgan fingerprint density at radius 2 is 1.94 bits per heavy atom. The van der Waals surface area contributed by atoms with Crippen LogP contribution >= 0.6 is 0 Å². The third-order valence-electron chi connectivity index (χ3n) is 5.54. The molecular formula is C26H30FN5O3. The van der Waals surface area contributed by atoms with E-state index in [2.05, 4.69) is 21.4 Å². The second kappa shape index (κ2) is 12.4. The van der Waals surface area contributed by atoms with Gasteiger partial charge in [-0.3, -0.25) is 14.6 Å². The SMILES string of the molecule is C=O.CCN(C(=O)C(CC(C)C)c1ccc(NC(=O)c2cc3c(F)cccc3[nH]2)cn1)C(C)C#N. The van der Waals surface area contributed by atoms with Gasteiger partial charge in [0.25, 0.3) is 5.91 Å². The van der Waals surface area contributed by atoms with E-state index in [1.165, 1.54) is 18.3 Å². The van der Waals surface area contributed by atoms with Crippen molar-refractivity contribution in [1.29, 1.82) is 5.26 Å². The number of nitrogens with zero attached hydrogens (tertiary/aromatic N) is 3. The van der Waals surface area contributed by atoms with Gasteiger partial charge in [-0.25, -0.2) is 4.39 Å². The van der Waals surface area contributed by atoms with Crippen LogP contribution in [0.5, 0.6) is 0 Å². The van der Waals surface area contributed by atoms with E-state index in [1.807, 2.05) is 27.6 Å². The van der Waals surface area contributed by atoms with Crippen molar-refractivity contribution < 1.29 is 18.8 Å². The number of aromatic amines is 1. The average Bonchev–Trinajstić information content (AvgIpc) is 3.30. The van der Waals surface area contributed by atoms with Gasteiger partial charge < -0.3 is 20.0 Å². The zero-order valence-electron chi connectivity index (χ0n) is 20.3. The Morgan fingerprint density at radius 1 is 1.23 bits per heavy atom. The van der Waals surface area contributed by atoms with Gasteiger partial charge in [-0.15, -0.1) is 0 Å². The van der Waals surface area contributed by atoms with Crippen molar-refractivity contribution in [3.05, 3.63) is 59.8 Å². The fourth-order valence-corrected chi connectivity index (χ4v) is 3.83. The number of H-pyrrole nitrogens is 1. The number of nitrogens with one attached hydrogen (secondary N) is 2. The number of aromatic nitrogens is 2. The number of nitriles is 1. The van der Waals surface area contributed by atoms with Crippen molar-refractivity contribution in [2.24, 2.45) is 5.92 Å². The Morgan fingerprint density at radius 3 is 2.49 bits per heavy atom. The number of rotatable bonds is 8.